The van der Waals surface area contributed by atoms with Crippen LogP contribution in [-0.4, -0.2) is 50.2 Å². The molecule has 3 aromatic rings. The number of aromatic nitrogens is 4. The fourth-order valence-electron chi connectivity index (χ4n) is 3.35. The van der Waals surface area contributed by atoms with Crippen molar-refractivity contribution in [3.8, 4) is 0 Å². The fourth-order valence-corrected chi connectivity index (χ4v) is 3.35. The SMILES string of the molecule is CC(O)c1nccc(N2CCN(c3nc4cccnc4o3)CC2(C)C)n1. The molecule has 4 heterocycles. The largest absolute Gasteiger partial charge is 0.404 e. The summed E-state index contributed by atoms with van der Waals surface area (Å²) in [5.74, 6) is 1.26. The van der Waals surface area contributed by atoms with Crippen LogP contribution in [0.4, 0.5) is 11.8 Å². The number of aliphatic hydroxyl groups is 1. The van der Waals surface area contributed by atoms with E-state index < -0.39 is 6.10 Å². The highest BCUT2D eigenvalue weighted by atomic mass is 16.4. The summed E-state index contributed by atoms with van der Waals surface area (Å²) in [5, 5.41) is 9.76. The number of piperazine rings is 1. The number of oxazole rings is 1. The molecule has 4 rings (SSSR count). The summed E-state index contributed by atoms with van der Waals surface area (Å²) >= 11 is 0. The Hall–Kier alpha value is -2.74. The highest BCUT2D eigenvalue weighted by Crippen LogP contribution is 2.30. The number of nitrogens with zero attached hydrogens (tertiary/aromatic N) is 6. The van der Waals surface area contributed by atoms with Gasteiger partial charge in [-0.15, -0.1) is 0 Å². The van der Waals surface area contributed by atoms with Gasteiger partial charge < -0.3 is 19.3 Å². The van der Waals surface area contributed by atoms with Gasteiger partial charge in [-0.05, 0) is 39.0 Å². The van der Waals surface area contributed by atoms with E-state index in [1.54, 1.807) is 19.3 Å². The van der Waals surface area contributed by atoms with Gasteiger partial charge in [0.25, 0.3) is 6.01 Å². The van der Waals surface area contributed by atoms with Gasteiger partial charge in [0.2, 0.25) is 5.71 Å². The third-order valence-corrected chi connectivity index (χ3v) is 4.64. The van der Waals surface area contributed by atoms with Crippen molar-refractivity contribution in [3.63, 3.8) is 0 Å². The maximum absolute atomic E-state index is 9.76. The lowest BCUT2D eigenvalue weighted by molar-refractivity contribution is 0.188. The van der Waals surface area contributed by atoms with Gasteiger partial charge in [0.1, 0.15) is 17.4 Å². The first-order valence-corrected chi connectivity index (χ1v) is 8.69. The lowest BCUT2D eigenvalue weighted by Gasteiger charge is -2.47. The van der Waals surface area contributed by atoms with Crippen molar-refractivity contribution in [1.29, 1.82) is 0 Å². The molecule has 1 aliphatic rings. The zero-order valence-corrected chi connectivity index (χ0v) is 15.1. The fraction of sp³-hybridized carbons (Fsp3) is 0.444. The molecule has 0 bridgehead atoms. The molecular formula is C18H22N6O2. The predicted molar refractivity (Wildman–Crippen MR) is 98.1 cm³/mol. The quantitative estimate of drug-likeness (QED) is 0.765. The van der Waals surface area contributed by atoms with Gasteiger partial charge in [0, 0.05) is 32.0 Å². The molecule has 8 heteroatoms. The molecule has 0 aromatic carbocycles. The molecule has 0 radical (unpaired) electrons. The number of fused-ring (bicyclic) bond motifs is 1. The van der Waals surface area contributed by atoms with E-state index in [0.29, 0.717) is 17.6 Å². The van der Waals surface area contributed by atoms with Crippen molar-refractivity contribution in [2.75, 3.05) is 29.4 Å². The molecule has 0 amide bonds. The van der Waals surface area contributed by atoms with Gasteiger partial charge in [-0.1, -0.05) is 0 Å². The summed E-state index contributed by atoms with van der Waals surface area (Å²) in [4.78, 5) is 21.8. The minimum absolute atomic E-state index is 0.198. The summed E-state index contributed by atoms with van der Waals surface area (Å²) in [6, 6.07) is 6.23. The Morgan fingerprint density at radius 1 is 1.15 bits per heavy atom. The van der Waals surface area contributed by atoms with E-state index in [1.807, 2.05) is 18.2 Å². The second-order valence-corrected chi connectivity index (χ2v) is 7.16. The summed E-state index contributed by atoms with van der Waals surface area (Å²) in [7, 11) is 0. The molecule has 1 fully saturated rings. The minimum Gasteiger partial charge on any atom is -0.404 e. The van der Waals surface area contributed by atoms with Gasteiger partial charge >= 0.3 is 0 Å². The first-order valence-electron chi connectivity index (χ1n) is 8.69. The number of hydrogen-bond donors (Lipinski definition) is 1. The Morgan fingerprint density at radius 3 is 2.73 bits per heavy atom. The summed E-state index contributed by atoms with van der Waals surface area (Å²) in [5.41, 5.74) is 1.12. The maximum atomic E-state index is 9.76. The molecule has 1 unspecified atom stereocenters. The topological polar surface area (TPSA) is 91.4 Å². The van der Waals surface area contributed by atoms with Crippen LogP contribution in [0.5, 0.6) is 0 Å². The van der Waals surface area contributed by atoms with Crippen LogP contribution < -0.4 is 9.80 Å². The van der Waals surface area contributed by atoms with Gasteiger partial charge in [-0.3, -0.25) is 0 Å². The van der Waals surface area contributed by atoms with Crippen LogP contribution in [0.25, 0.3) is 11.2 Å². The van der Waals surface area contributed by atoms with Gasteiger partial charge in [0.05, 0.1) is 5.54 Å². The van der Waals surface area contributed by atoms with E-state index in [-0.39, 0.29) is 5.54 Å². The average Bonchev–Trinajstić information content (AvgIpc) is 3.05. The lowest BCUT2D eigenvalue weighted by atomic mass is 9.99. The molecule has 0 saturated carbocycles. The van der Waals surface area contributed by atoms with E-state index in [0.717, 1.165) is 31.0 Å². The van der Waals surface area contributed by atoms with Gasteiger partial charge in [-0.2, -0.15) is 4.98 Å². The molecular weight excluding hydrogens is 332 g/mol. The molecule has 1 saturated heterocycles. The van der Waals surface area contributed by atoms with E-state index in [9.17, 15) is 5.11 Å². The molecule has 1 N–H and O–H groups in total. The maximum Gasteiger partial charge on any atom is 0.299 e. The monoisotopic (exact) mass is 354 g/mol. The Morgan fingerprint density at radius 2 is 2.00 bits per heavy atom. The molecule has 0 spiro atoms. The van der Waals surface area contributed by atoms with Crippen molar-refractivity contribution in [2.24, 2.45) is 0 Å². The number of aliphatic hydroxyl groups excluding tert-OH is 1. The van der Waals surface area contributed by atoms with Crippen LogP contribution in [0.1, 0.15) is 32.7 Å². The Kier molecular flexibility index (Phi) is 3.99. The molecule has 0 aliphatic carbocycles. The molecule has 3 aromatic heterocycles. The Balaban J connectivity index is 1.58. The van der Waals surface area contributed by atoms with Crippen LogP contribution in [0.2, 0.25) is 0 Å². The van der Waals surface area contributed by atoms with Crippen molar-refractivity contribution in [3.05, 3.63) is 36.4 Å². The van der Waals surface area contributed by atoms with Crippen molar-refractivity contribution >= 4 is 23.1 Å². The highest BCUT2D eigenvalue weighted by Gasteiger charge is 2.36. The standard InChI is InChI=1S/C18H22N6O2/c1-12(25)15-19-8-6-14(22-15)24-10-9-23(11-18(24,2)3)17-21-13-5-4-7-20-16(13)26-17/h4-8,12,25H,9-11H2,1-3H3. The van der Waals surface area contributed by atoms with Crippen LogP contribution in [0.3, 0.4) is 0 Å². The third kappa shape index (κ3) is 2.96. The average molecular weight is 354 g/mol. The number of rotatable bonds is 3. The van der Waals surface area contributed by atoms with E-state index in [1.165, 1.54) is 0 Å². The summed E-state index contributed by atoms with van der Waals surface area (Å²) in [6.07, 6.45) is 2.71. The van der Waals surface area contributed by atoms with Crippen molar-refractivity contribution in [1.82, 2.24) is 19.9 Å². The van der Waals surface area contributed by atoms with Crippen LogP contribution in [-0.2, 0) is 0 Å². The van der Waals surface area contributed by atoms with Gasteiger partial charge in [-0.25, -0.2) is 15.0 Å². The van der Waals surface area contributed by atoms with Crippen LogP contribution in [0.15, 0.2) is 35.0 Å². The molecule has 136 valence electrons. The minimum atomic E-state index is -0.688. The van der Waals surface area contributed by atoms with E-state index in [2.05, 4.69) is 43.6 Å². The number of hydrogen-bond acceptors (Lipinski definition) is 8. The Bertz CT molecular complexity index is 890. The highest BCUT2D eigenvalue weighted by molar-refractivity contribution is 5.70. The predicted octanol–water partition coefficient (Wildman–Crippen LogP) is 2.17. The second-order valence-electron chi connectivity index (χ2n) is 7.16. The molecule has 1 aliphatic heterocycles. The summed E-state index contributed by atoms with van der Waals surface area (Å²) in [6.45, 7) is 8.23. The van der Waals surface area contributed by atoms with Gasteiger partial charge in [0.15, 0.2) is 5.82 Å². The van der Waals surface area contributed by atoms with E-state index in [4.69, 9.17) is 4.42 Å². The zero-order chi connectivity index (χ0) is 18.3. The smallest absolute Gasteiger partial charge is 0.299 e. The first-order chi connectivity index (χ1) is 12.4. The van der Waals surface area contributed by atoms with Crippen molar-refractivity contribution in [2.45, 2.75) is 32.4 Å². The van der Waals surface area contributed by atoms with Crippen LogP contribution >= 0.6 is 0 Å². The number of anilines is 2. The molecule has 26 heavy (non-hydrogen) atoms. The molecule has 1 atom stereocenters. The van der Waals surface area contributed by atoms with Crippen molar-refractivity contribution < 1.29 is 9.52 Å². The van der Waals surface area contributed by atoms with E-state index >= 15 is 0 Å². The molecule has 8 nitrogen and oxygen atoms in total. The second kappa shape index (κ2) is 6.21. The lowest BCUT2D eigenvalue weighted by Crippen LogP contribution is -2.60. The normalized spacial score (nSPS) is 18.3. The number of pyridine rings is 1. The van der Waals surface area contributed by atoms with Crippen LogP contribution in [0, 0.1) is 0 Å². The first kappa shape index (κ1) is 16.7. The zero-order valence-electron chi connectivity index (χ0n) is 15.1. The summed E-state index contributed by atoms with van der Waals surface area (Å²) < 4.78 is 5.82. The third-order valence-electron chi connectivity index (χ3n) is 4.64. The Labute approximate surface area is 151 Å².